The SMILES string of the molecule is OCCCCCCNc1nc(Nc2ccc(N3CCOCC3)nc2)c2ncn(C3CCCC3)c2n1. The smallest absolute Gasteiger partial charge is 0.226 e. The molecular weight excluding hydrogens is 444 g/mol. The number of hydrogen-bond acceptors (Lipinski definition) is 9. The fraction of sp³-hybridized carbons (Fsp3) is 0.600. The fourth-order valence-electron chi connectivity index (χ4n) is 4.90. The van der Waals surface area contributed by atoms with Gasteiger partial charge in [0, 0.05) is 32.3 Å². The van der Waals surface area contributed by atoms with Crippen molar-refractivity contribution in [3.8, 4) is 0 Å². The Morgan fingerprint density at radius 3 is 2.60 bits per heavy atom. The van der Waals surface area contributed by atoms with E-state index >= 15 is 0 Å². The third-order valence-corrected chi connectivity index (χ3v) is 6.85. The second-order valence-electron chi connectivity index (χ2n) is 9.35. The largest absolute Gasteiger partial charge is 0.396 e. The monoisotopic (exact) mass is 480 g/mol. The lowest BCUT2D eigenvalue weighted by Gasteiger charge is -2.27. The molecule has 0 unspecified atom stereocenters. The molecule has 1 saturated heterocycles. The molecule has 0 spiro atoms. The van der Waals surface area contributed by atoms with Gasteiger partial charge in [0.05, 0.1) is 31.4 Å². The third-order valence-electron chi connectivity index (χ3n) is 6.85. The summed E-state index contributed by atoms with van der Waals surface area (Å²) in [7, 11) is 0. The molecule has 188 valence electrons. The molecule has 3 aromatic rings. The Balaban J connectivity index is 1.35. The van der Waals surface area contributed by atoms with Gasteiger partial charge in [-0.1, -0.05) is 25.7 Å². The summed E-state index contributed by atoms with van der Waals surface area (Å²) in [4.78, 5) is 21.2. The van der Waals surface area contributed by atoms with E-state index < -0.39 is 0 Å². The standard InChI is InChI=1S/C25H36N8O2/c34-14-6-2-1-5-11-26-25-30-23(22-24(31-25)33(18-28-22)20-7-3-4-8-20)29-19-9-10-21(27-17-19)32-12-15-35-16-13-32/h9-10,17-18,20,34H,1-8,11-16H2,(H2,26,29,30,31). The van der Waals surface area contributed by atoms with Gasteiger partial charge in [0.2, 0.25) is 5.95 Å². The van der Waals surface area contributed by atoms with Crippen LogP contribution < -0.4 is 15.5 Å². The number of nitrogens with zero attached hydrogens (tertiary/aromatic N) is 6. The molecular formula is C25H36N8O2. The van der Waals surface area contributed by atoms with Crippen LogP contribution in [0.3, 0.4) is 0 Å². The maximum absolute atomic E-state index is 8.97. The summed E-state index contributed by atoms with van der Waals surface area (Å²) in [6.45, 7) is 4.25. The quantitative estimate of drug-likeness (QED) is 0.352. The predicted octanol–water partition coefficient (Wildman–Crippen LogP) is 3.88. The van der Waals surface area contributed by atoms with Gasteiger partial charge in [-0.3, -0.25) is 0 Å². The number of imidazole rings is 1. The molecule has 3 aromatic heterocycles. The molecule has 1 aliphatic heterocycles. The Hall–Kier alpha value is -2.98. The molecule has 0 radical (unpaired) electrons. The number of hydrogen-bond donors (Lipinski definition) is 3. The summed E-state index contributed by atoms with van der Waals surface area (Å²) in [5.41, 5.74) is 2.52. The summed E-state index contributed by atoms with van der Waals surface area (Å²) >= 11 is 0. The van der Waals surface area contributed by atoms with Crippen molar-refractivity contribution in [1.82, 2.24) is 24.5 Å². The van der Waals surface area contributed by atoms with Crippen molar-refractivity contribution in [1.29, 1.82) is 0 Å². The Labute approximate surface area is 206 Å². The molecule has 1 saturated carbocycles. The van der Waals surface area contributed by atoms with Crippen LogP contribution in [0, 0.1) is 0 Å². The van der Waals surface area contributed by atoms with Gasteiger partial charge in [-0.05, 0) is 37.8 Å². The van der Waals surface area contributed by atoms with Gasteiger partial charge >= 0.3 is 0 Å². The molecule has 35 heavy (non-hydrogen) atoms. The number of aliphatic hydroxyl groups excluding tert-OH is 1. The number of rotatable bonds is 11. The van der Waals surface area contributed by atoms with Gasteiger partial charge in [-0.25, -0.2) is 9.97 Å². The van der Waals surface area contributed by atoms with Gasteiger partial charge in [0.1, 0.15) is 5.82 Å². The van der Waals surface area contributed by atoms with E-state index in [9.17, 15) is 0 Å². The van der Waals surface area contributed by atoms with Crippen molar-refractivity contribution >= 4 is 34.4 Å². The molecule has 4 heterocycles. The molecule has 0 aromatic carbocycles. The predicted molar refractivity (Wildman–Crippen MR) is 137 cm³/mol. The van der Waals surface area contributed by atoms with Gasteiger partial charge in [0.15, 0.2) is 17.0 Å². The number of anilines is 4. The van der Waals surface area contributed by atoms with Gasteiger partial charge in [-0.15, -0.1) is 0 Å². The van der Waals surface area contributed by atoms with Crippen LogP contribution in [0.4, 0.5) is 23.3 Å². The van der Waals surface area contributed by atoms with Crippen molar-refractivity contribution in [3.63, 3.8) is 0 Å². The zero-order chi connectivity index (χ0) is 23.9. The van der Waals surface area contributed by atoms with Crippen molar-refractivity contribution in [3.05, 3.63) is 24.7 Å². The third kappa shape index (κ3) is 5.82. The molecule has 5 rings (SSSR count). The zero-order valence-electron chi connectivity index (χ0n) is 20.3. The van der Waals surface area contributed by atoms with Crippen molar-refractivity contribution in [2.75, 3.05) is 55.0 Å². The minimum Gasteiger partial charge on any atom is -0.396 e. The first-order chi connectivity index (χ1) is 17.3. The highest BCUT2D eigenvalue weighted by atomic mass is 16.5. The Kier molecular flexibility index (Phi) is 7.89. The van der Waals surface area contributed by atoms with Crippen molar-refractivity contribution in [2.45, 2.75) is 57.4 Å². The molecule has 3 N–H and O–H groups in total. The summed E-state index contributed by atoms with van der Waals surface area (Å²) in [5.74, 6) is 2.26. The number of fused-ring (bicyclic) bond motifs is 1. The number of aromatic nitrogens is 5. The molecule has 2 fully saturated rings. The van der Waals surface area contributed by atoms with Gasteiger partial charge in [0.25, 0.3) is 0 Å². The zero-order valence-corrected chi connectivity index (χ0v) is 20.3. The second-order valence-corrected chi connectivity index (χ2v) is 9.35. The first kappa shape index (κ1) is 23.7. The maximum atomic E-state index is 8.97. The Morgan fingerprint density at radius 1 is 1.00 bits per heavy atom. The van der Waals surface area contributed by atoms with Crippen LogP contribution in [0.25, 0.3) is 11.2 Å². The van der Waals surface area contributed by atoms with Crippen LogP contribution in [0.2, 0.25) is 0 Å². The van der Waals surface area contributed by atoms with Crippen LogP contribution in [0.5, 0.6) is 0 Å². The number of aliphatic hydroxyl groups is 1. The van der Waals surface area contributed by atoms with Crippen LogP contribution in [-0.4, -0.2) is 69.1 Å². The van der Waals surface area contributed by atoms with E-state index in [-0.39, 0.29) is 6.61 Å². The van der Waals surface area contributed by atoms with Gasteiger partial charge in [-0.2, -0.15) is 9.97 Å². The lowest BCUT2D eigenvalue weighted by molar-refractivity contribution is 0.122. The van der Waals surface area contributed by atoms with Crippen molar-refractivity contribution < 1.29 is 9.84 Å². The molecule has 0 atom stereocenters. The molecule has 0 bridgehead atoms. The summed E-state index contributed by atoms with van der Waals surface area (Å²) in [6, 6.07) is 4.52. The fourth-order valence-corrected chi connectivity index (χ4v) is 4.90. The number of pyridine rings is 1. The van der Waals surface area contributed by atoms with Gasteiger partial charge < -0.3 is 29.9 Å². The Morgan fingerprint density at radius 2 is 1.83 bits per heavy atom. The number of morpholine rings is 1. The molecule has 10 nitrogen and oxygen atoms in total. The highest BCUT2D eigenvalue weighted by molar-refractivity contribution is 5.86. The van der Waals surface area contributed by atoms with E-state index in [2.05, 4.69) is 25.1 Å². The van der Waals surface area contributed by atoms with Crippen molar-refractivity contribution in [2.24, 2.45) is 0 Å². The average molecular weight is 481 g/mol. The topological polar surface area (TPSA) is 113 Å². The number of ether oxygens (including phenoxy) is 1. The first-order valence-corrected chi connectivity index (χ1v) is 13.0. The second kappa shape index (κ2) is 11.6. The van der Waals surface area contributed by atoms with E-state index in [0.717, 1.165) is 81.2 Å². The number of unbranched alkanes of at least 4 members (excludes halogenated alkanes) is 3. The normalized spacial score (nSPS) is 16.8. The minimum absolute atomic E-state index is 0.260. The summed E-state index contributed by atoms with van der Waals surface area (Å²) in [5, 5.41) is 15.8. The van der Waals surface area contributed by atoms with Crippen LogP contribution >= 0.6 is 0 Å². The minimum atomic E-state index is 0.260. The van der Waals surface area contributed by atoms with E-state index in [1.54, 1.807) is 0 Å². The van der Waals surface area contributed by atoms with E-state index in [1.165, 1.54) is 25.7 Å². The number of nitrogens with one attached hydrogen (secondary N) is 2. The lowest BCUT2D eigenvalue weighted by Crippen LogP contribution is -2.36. The van der Waals surface area contributed by atoms with E-state index in [0.29, 0.717) is 17.8 Å². The molecule has 0 amide bonds. The highest BCUT2D eigenvalue weighted by Gasteiger charge is 2.22. The lowest BCUT2D eigenvalue weighted by atomic mass is 10.2. The average Bonchev–Trinajstić information content (AvgIpc) is 3.57. The first-order valence-electron chi connectivity index (χ1n) is 13.0. The molecule has 10 heteroatoms. The van der Waals surface area contributed by atoms with E-state index in [1.807, 2.05) is 24.7 Å². The molecule has 2 aliphatic rings. The summed E-state index contributed by atoms with van der Waals surface area (Å²) < 4.78 is 7.67. The highest BCUT2D eigenvalue weighted by Crippen LogP contribution is 2.33. The van der Waals surface area contributed by atoms with Crippen LogP contribution in [0.1, 0.15) is 57.4 Å². The maximum Gasteiger partial charge on any atom is 0.226 e. The Bertz CT molecular complexity index is 1080. The van der Waals surface area contributed by atoms with Crippen LogP contribution in [0.15, 0.2) is 24.7 Å². The summed E-state index contributed by atoms with van der Waals surface area (Å²) in [6.07, 6.45) is 12.6. The molecule has 1 aliphatic carbocycles. The van der Waals surface area contributed by atoms with E-state index in [4.69, 9.17) is 24.8 Å². The van der Waals surface area contributed by atoms with Crippen LogP contribution in [-0.2, 0) is 4.74 Å².